The van der Waals surface area contributed by atoms with E-state index in [0.29, 0.717) is 30.4 Å². The lowest BCUT2D eigenvalue weighted by Gasteiger charge is -2.44. The number of benzene rings is 2. The predicted octanol–water partition coefficient (Wildman–Crippen LogP) is 5.08. The number of nitrogens with one attached hydrogen (secondary N) is 1. The van der Waals surface area contributed by atoms with Crippen molar-refractivity contribution in [2.24, 2.45) is 11.8 Å². The molecule has 0 radical (unpaired) electrons. The van der Waals surface area contributed by atoms with Crippen LogP contribution in [-0.4, -0.2) is 39.8 Å². The number of fused-ring (bicyclic) bond motifs is 4. The van der Waals surface area contributed by atoms with Crippen LogP contribution in [0.1, 0.15) is 66.4 Å². The summed E-state index contributed by atoms with van der Waals surface area (Å²) in [4.78, 5) is 15.4. The monoisotopic (exact) mass is 528 g/mol. The van der Waals surface area contributed by atoms with Gasteiger partial charge in [0.05, 0.1) is 18.0 Å². The number of amides is 1. The minimum atomic E-state index is -3.66. The minimum absolute atomic E-state index is 0.0117. The standard InChI is InChI=1S/C28H33ClN2O4S/c29-23-9-10-24-20(14-23)5-3-12-28(24)17-31-16-22-7-6-19(22)4-1-2-13-36(33,34)30-27(32)21-8-11-26(35-18-28)25(31)15-21/h8-11,14-15,19,22H,1-7,12-13,16-18H2,(H,30,32)/t19-,22+,28+/m1/s1. The molecule has 1 spiro atoms. The highest BCUT2D eigenvalue weighted by atomic mass is 35.5. The van der Waals surface area contributed by atoms with Gasteiger partial charge >= 0.3 is 0 Å². The first-order valence-corrected chi connectivity index (χ1v) is 15.2. The molecule has 36 heavy (non-hydrogen) atoms. The third kappa shape index (κ3) is 4.49. The van der Waals surface area contributed by atoms with Gasteiger partial charge in [0.1, 0.15) is 5.75 Å². The van der Waals surface area contributed by atoms with E-state index in [0.717, 1.165) is 61.7 Å². The van der Waals surface area contributed by atoms with Gasteiger partial charge in [-0.25, -0.2) is 13.1 Å². The van der Waals surface area contributed by atoms with E-state index in [4.69, 9.17) is 16.3 Å². The highest BCUT2D eigenvalue weighted by Gasteiger charge is 2.43. The van der Waals surface area contributed by atoms with Crippen molar-refractivity contribution in [1.29, 1.82) is 0 Å². The topological polar surface area (TPSA) is 75.7 Å². The summed E-state index contributed by atoms with van der Waals surface area (Å²) >= 11 is 6.35. The van der Waals surface area contributed by atoms with Gasteiger partial charge in [0.25, 0.3) is 5.91 Å². The largest absolute Gasteiger partial charge is 0.490 e. The first-order chi connectivity index (χ1) is 17.3. The maximum atomic E-state index is 12.9. The van der Waals surface area contributed by atoms with E-state index >= 15 is 0 Å². The summed E-state index contributed by atoms with van der Waals surface area (Å²) in [5.41, 5.74) is 3.70. The summed E-state index contributed by atoms with van der Waals surface area (Å²) in [6, 6.07) is 11.6. The van der Waals surface area contributed by atoms with Crippen molar-refractivity contribution in [3.05, 3.63) is 58.1 Å². The summed E-state index contributed by atoms with van der Waals surface area (Å²) in [6.07, 6.45) is 8.02. The van der Waals surface area contributed by atoms with Crippen molar-refractivity contribution in [3.8, 4) is 5.75 Å². The molecule has 1 amide bonds. The van der Waals surface area contributed by atoms with Crippen LogP contribution in [0.4, 0.5) is 5.69 Å². The molecule has 2 aromatic carbocycles. The zero-order chi connectivity index (χ0) is 24.9. The number of halogens is 1. The van der Waals surface area contributed by atoms with Crippen LogP contribution in [0.25, 0.3) is 0 Å². The van der Waals surface area contributed by atoms with Gasteiger partial charge in [0, 0.05) is 29.1 Å². The highest BCUT2D eigenvalue weighted by Crippen LogP contribution is 2.46. The van der Waals surface area contributed by atoms with Crippen molar-refractivity contribution >= 4 is 33.2 Å². The van der Waals surface area contributed by atoms with E-state index in [9.17, 15) is 13.2 Å². The number of carbonyl (C=O) groups excluding carboxylic acids is 1. The van der Waals surface area contributed by atoms with Gasteiger partial charge in [0.2, 0.25) is 10.0 Å². The normalized spacial score (nSPS) is 29.5. The number of hydrogen-bond donors (Lipinski definition) is 1. The molecule has 3 atom stereocenters. The van der Waals surface area contributed by atoms with Crippen LogP contribution in [0.2, 0.25) is 5.02 Å². The number of hydrogen-bond acceptors (Lipinski definition) is 5. The fourth-order valence-corrected chi connectivity index (χ4v) is 8.03. The Bertz CT molecular complexity index is 1300. The molecular formula is C28H33ClN2O4S. The lowest BCUT2D eigenvalue weighted by molar-refractivity contribution is 0.0981. The van der Waals surface area contributed by atoms with Crippen LogP contribution >= 0.6 is 11.6 Å². The zero-order valence-electron chi connectivity index (χ0n) is 20.5. The predicted molar refractivity (Wildman–Crippen MR) is 142 cm³/mol. The van der Waals surface area contributed by atoms with Crippen LogP contribution in [0.5, 0.6) is 5.75 Å². The van der Waals surface area contributed by atoms with E-state index in [2.05, 4.69) is 21.8 Å². The molecule has 1 N–H and O–H groups in total. The van der Waals surface area contributed by atoms with Gasteiger partial charge < -0.3 is 9.64 Å². The summed E-state index contributed by atoms with van der Waals surface area (Å²) in [5.74, 6) is 1.36. The van der Waals surface area contributed by atoms with Gasteiger partial charge in [-0.2, -0.15) is 0 Å². The SMILES string of the molecule is O=C1NS(=O)(=O)CCCC[C@@H]2CC[C@H]2CN2C[C@@]3(CCCc4cc(Cl)ccc43)COc3ccc1cc32. The molecule has 2 aromatic rings. The molecule has 0 aromatic heterocycles. The molecule has 2 heterocycles. The Kier molecular flexibility index (Phi) is 6.19. The van der Waals surface area contributed by atoms with Crippen LogP contribution < -0.4 is 14.4 Å². The van der Waals surface area contributed by atoms with Crippen LogP contribution in [0, 0.1) is 11.8 Å². The van der Waals surface area contributed by atoms with E-state index in [1.54, 1.807) is 6.07 Å². The van der Waals surface area contributed by atoms with Crippen molar-refractivity contribution in [2.45, 2.75) is 56.8 Å². The average Bonchev–Trinajstić information content (AvgIpc) is 2.98. The van der Waals surface area contributed by atoms with E-state index in [1.807, 2.05) is 18.2 Å². The van der Waals surface area contributed by atoms with Crippen LogP contribution in [0.3, 0.4) is 0 Å². The second kappa shape index (κ2) is 9.25. The lowest BCUT2D eigenvalue weighted by Crippen LogP contribution is -2.48. The van der Waals surface area contributed by atoms with Crippen molar-refractivity contribution < 1.29 is 17.9 Å². The third-order valence-corrected chi connectivity index (χ3v) is 10.4. The van der Waals surface area contributed by atoms with E-state index in [-0.39, 0.29) is 11.2 Å². The first kappa shape index (κ1) is 24.1. The molecule has 2 aliphatic carbocycles. The number of sulfonamides is 1. The fraction of sp³-hybridized carbons (Fsp3) is 0.536. The first-order valence-electron chi connectivity index (χ1n) is 13.2. The molecular weight excluding hydrogens is 496 g/mol. The molecule has 6 nitrogen and oxygen atoms in total. The van der Waals surface area contributed by atoms with Gasteiger partial charge in [-0.3, -0.25) is 4.79 Å². The van der Waals surface area contributed by atoms with Crippen LogP contribution in [-0.2, 0) is 21.9 Å². The summed E-state index contributed by atoms with van der Waals surface area (Å²) < 4.78 is 33.8. The van der Waals surface area contributed by atoms with Gasteiger partial charge in [0.15, 0.2) is 0 Å². The number of anilines is 1. The third-order valence-electron chi connectivity index (χ3n) is 8.82. The van der Waals surface area contributed by atoms with Gasteiger partial charge in [-0.1, -0.05) is 30.5 Å². The maximum absolute atomic E-state index is 12.9. The Balaban J connectivity index is 1.42. The summed E-state index contributed by atoms with van der Waals surface area (Å²) in [7, 11) is -3.66. The molecule has 0 unspecified atom stereocenters. The molecule has 1 saturated carbocycles. The second-order valence-corrected chi connectivity index (χ2v) is 13.4. The smallest absolute Gasteiger partial charge is 0.264 e. The Hall–Kier alpha value is -2.25. The van der Waals surface area contributed by atoms with Gasteiger partial charge in [-0.05, 0) is 91.8 Å². The van der Waals surface area contributed by atoms with Gasteiger partial charge in [-0.15, -0.1) is 0 Å². The maximum Gasteiger partial charge on any atom is 0.264 e. The molecule has 1 fully saturated rings. The number of carbonyl (C=O) groups is 1. The molecule has 2 aliphatic heterocycles. The highest BCUT2D eigenvalue weighted by molar-refractivity contribution is 7.90. The van der Waals surface area contributed by atoms with E-state index in [1.165, 1.54) is 24.0 Å². The summed E-state index contributed by atoms with van der Waals surface area (Å²) in [5, 5.41) is 0.768. The number of ether oxygens (including phenoxy) is 1. The molecule has 8 heteroatoms. The molecule has 4 aliphatic rings. The Labute approximate surface area is 218 Å². The fourth-order valence-electron chi connectivity index (χ4n) is 6.75. The molecule has 192 valence electrons. The lowest BCUT2D eigenvalue weighted by atomic mass is 9.69. The number of nitrogens with zero attached hydrogens (tertiary/aromatic N) is 1. The van der Waals surface area contributed by atoms with E-state index < -0.39 is 15.9 Å². The van der Waals surface area contributed by atoms with Crippen molar-refractivity contribution in [3.63, 3.8) is 0 Å². The molecule has 6 rings (SSSR count). The second-order valence-electron chi connectivity index (χ2n) is 11.1. The molecule has 0 saturated heterocycles. The average molecular weight is 529 g/mol. The molecule has 2 bridgehead atoms. The Morgan fingerprint density at radius 1 is 1.03 bits per heavy atom. The number of rotatable bonds is 0. The number of aryl methyl sites for hydroxylation is 1. The van der Waals surface area contributed by atoms with Crippen molar-refractivity contribution in [2.75, 3.05) is 30.3 Å². The van der Waals surface area contributed by atoms with Crippen molar-refractivity contribution in [1.82, 2.24) is 4.72 Å². The van der Waals surface area contributed by atoms with Crippen LogP contribution in [0.15, 0.2) is 36.4 Å². The minimum Gasteiger partial charge on any atom is -0.490 e. The zero-order valence-corrected chi connectivity index (χ0v) is 22.0. The quantitative estimate of drug-likeness (QED) is 0.516. The summed E-state index contributed by atoms with van der Waals surface area (Å²) in [6.45, 7) is 2.30. The Morgan fingerprint density at radius 2 is 1.89 bits per heavy atom. The Morgan fingerprint density at radius 3 is 2.72 bits per heavy atom.